The van der Waals surface area contributed by atoms with Gasteiger partial charge in [0.15, 0.2) is 0 Å². The maximum Gasteiger partial charge on any atom is 0.0534 e. The lowest BCUT2D eigenvalue weighted by atomic mass is 10.2. The third-order valence-electron chi connectivity index (χ3n) is 2.45. The first-order valence-corrected chi connectivity index (χ1v) is 7.67. The van der Waals surface area contributed by atoms with E-state index in [0.717, 1.165) is 19.6 Å². The van der Waals surface area contributed by atoms with Gasteiger partial charge < -0.3 is 5.32 Å². The average molecular weight is 255 g/mol. The summed E-state index contributed by atoms with van der Waals surface area (Å²) < 4.78 is 2.06. The van der Waals surface area contributed by atoms with Gasteiger partial charge in [-0.1, -0.05) is 20.8 Å². The van der Waals surface area contributed by atoms with Crippen LogP contribution < -0.4 is 5.32 Å². The summed E-state index contributed by atoms with van der Waals surface area (Å²) in [5.41, 5.74) is 1.29. The van der Waals surface area contributed by atoms with Crippen molar-refractivity contribution < 1.29 is 0 Å². The van der Waals surface area contributed by atoms with Crippen molar-refractivity contribution in [2.24, 2.45) is 5.92 Å². The quantitative estimate of drug-likeness (QED) is 0.688. The zero-order valence-corrected chi connectivity index (χ0v) is 12.1. The standard InChI is InChI=1S/C13H25N3S/c1-4-17-7-5-6-16-11-13(10-15-16)9-14-8-12(2)3/h10-12,14H,4-9H2,1-3H3. The van der Waals surface area contributed by atoms with Gasteiger partial charge in [-0.25, -0.2) is 0 Å². The molecule has 0 unspecified atom stereocenters. The van der Waals surface area contributed by atoms with Crippen molar-refractivity contribution in [1.82, 2.24) is 15.1 Å². The molecule has 0 saturated carbocycles. The zero-order chi connectivity index (χ0) is 12.5. The summed E-state index contributed by atoms with van der Waals surface area (Å²) in [5.74, 6) is 3.15. The van der Waals surface area contributed by atoms with Crippen LogP contribution in [0.1, 0.15) is 32.8 Å². The number of nitrogens with one attached hydrogen (secondary N) is 1. The van der Waals surface area contributed by atoms with Crippen molar-refractivity contribution in [2.45, 2.75) is 40.3 Å². The van der Waals surface area contributed by atoms with Crippen molar-refractivity contribution in [3.8, 4) is 0 Å². The SMILES string of the molecule is CCSCCCn1cc(CNCC(C)C)cn1. The molecule has 0 bridgehead atoms. The van der Waals surface area contributed by atoms with E-state index in [1.54, 1.807) is 0 Å². The van der Waals surface area contributed by atoms with Crippen LogP contribution in [-0.2, 0) is 13.1 Å². The Morgan fingerprint density at radius 3 is 3.00 bits per heavy atom. The van der Waals surface area contributed by atoms with Crippen LogP contribution in [0, 0.1) is 5.92 Å². The minimum Gasteiger partial charge on any atom is -0.312 e. The van der Waals surface area contributed by atoms with Gasteiger partial charge in [0, 0.05) is 24.8 Å². The fraction of sp³-hybridized carbons (Fsp3) is 0.769. The van der Waals surface area contributed by atoms with Gasteiger partial charge >= 0.3 is 0 Å². The van der Waals surface area contributed by atoms with E-state index in [1.165, 1.54) is 23.5 Å². The first-order chi connectivity index (χ1) is 8.22. The first kappa shape index (κ1) is 14.6. The van der Waals surface area contributed by atoms with Crippen LogP contribution in [0.15, 0.2) is 12.4 Å². The van der Waals surface area contributed by atoms with Crippen molar-refractivity contribution >= 4 is 11.8 Å². The lowest BCUT2D eigenvalue weighted by molar-refractivity contribution is 0.551. The topological polar surface area (TPSA) is 29.9 Å². The molecule has 4 heteroatoms. The average Bonchev–Trinajstić information content (AvgIpc) is 2.72. The number of thioether (sulfide) groups is 1. The molecule has 1 heterocycles. The Labute approximate surface area is 109 Å². The highest BCUT2D eigenvalue weighted by molar-refractivity contribution is 7.99. The summed E-state index contributed by atoms with van der Waals surface area (Å²) in [7, 11) is 0. The van der Waals surface area contributed by atoms with E-state index in [0.29, 0.717) is 5.92 Å². The molecule has 1 N–H and O–H groups in total. The van der Waals surface area contributed by atoms with Gasteiger partial charge in [0.25, 0.3) is 0 Å². The Balaban J connectivity index is 2.18. The van der Waals surface area contributed by atoms with Crippen LogP contribution >= 0.6 is 11.8 Å². The smallest absolute Gasteiger partial charge is 0.0534 e. The first-order valence-electron chi connectivity index (χ1n) is 6.52. The van der Waals surface area contributed by atoms with Crippen molar-refractivity contribution in [1.29, 1.82) is 0 Å². The van der Waals surface area contributed by atoms with Crippen LogP contribution in [0.25, 0.3) is 0 Å². The van der Waals surface area contributed by atoms with Gasteiger partial charge in [-0.15, -0.1) is 0 Å². The molecular formula is C13H25N3S. The largest absolute Gasteiger partial charge is 0.312 e. The molecule has 0 fully saturated rings. The fourth-order valence-electron chi connectivity index (χ4n) is 1.60. The van der Waals surface area contributed by atoms with Gasteiger partial charge in [0.1, 0.15) is 0 Å². The van der Waals surface area contributed by atoms with E-state index in [1.807, 2.05) is 18.0 Å². The molecule has 0 aliphatic rings. The van der Waals surface area contributed by atoms with E-state index < -0.39 is 0 Å². The molecule has 0 radical (unpaired) electrons. The summed E-state index contributed by atoms with van der Waals surface area (Å²) >= 11 is 2.00. The van der Waals surface area contributed by atoms with Gasteiger partial charge in [0.05, 0.1) is 6.20 Å². The second-order valence-corrected chi connectivity index (χ2v) is 6.08. The number of hydrogen-bond acceptors (Lipinski definition) is 3. The minimum absolute atomic E-state index is 0.705. The third kappa shape index (κ3) is 6.74. The molecule has 0 atom stereocenters. The van der Waals surface area contributed by atoms with Crippen LogP contribution in [0.5, 0.6) is 0 Å². The van der Waals surface area contributed by atoms with Crippen molar-refractivity contribution in [2.75, 3.05) is 18.1 Å². The number of aromatic nitrogens is 2. The molecule has 0 aromatic carbocycles. The fourth-order valence-corrected chi connectivity index (χ4v) is 2.22. The molecular weight excluding hydrogens is 230 g/mol. The monoisotopic (exact) mass is 255 g/mol. The molecule has 3 nitrogen and oxygen atoms in total. The number of nitrogens with zero attached hydrogens (tertiary/aromatic N) is 2. The van der Waals surface area contributed by atoms with Crippen LogP contribution in [-0.4, -0.2) is 27.8 Å². The van der Waals surface area contributed by atoms with E-state index >= 15 is 0 Å². The van der Waals surface area contributed by atoms with Gasteiger partial charge in [-0.05, 0) is 30.4 Å². The van der Waals surface area contributed by atoms with Gasteiger partial charge in [-0.2, -0.15) is 16.9 Å². The highest BCUT2D eigenvalue weighted by Crippen LogP contribution is 2.04. The minimum atomic E-state index is 0.705. The van der Waals surface area contributed by atoms with Gasteiger partial charge in [0.2, 0.25) is 0 Å². The Bertz CT molecular complexity index is 297. The number of aryl methyl sites for hydroxylation is 1. The van der Waals surface area contributed by atoms with E-state index in [-0.39, 0.29) is 0 Å². The van der Waals surface area contributed by atoms with Crippen LogP contribution in [0.4, 0.5) is 0 Å². The van der Waals surface area contributed by atoms with Gasteiger partial charge in [-0.3, -0.25) is 4.68 Å². The third-order valence-corrected chi connectivity index (χ3v) is 3.43. The van der Waals surface area contributed by atoms with Crippen LogP contribution in [0.2, 0.25) is 0 Å². The summed E-state index contributed by atoms with van der Waals surface area (Å²) in [6, 6.07) is 0. The normalized spacial score (nSPS) is 11.3. The summed E-state index contributed by atoms with van der Waals surface area (Å²) in [5, 5.41) is 7.81. The predicted octanol–water partition coefficient (Wildman–Crippen LogP) is 2.77. The molecule has 17 heavy (non-hydrogen) atoms. The molecule has 1 aromatic rings. The van der Waals surface area contributed by atoms with Crippen LogP contribution in [0.3, 0.4) is 0 Å². The maximum atomic E-state index is 4.38. The molecule has 98 valence electrons. The second-order valence-electron chi connectivity index (χ2n) is 4.69. The zero-order valence-electron chi connectivity index (χ0n) is 11.3. The second kappa shape index (κ2) is 8.59. The Morgan fingerprint density at radius 1 is 1.47 bits per heavy atom. The Kier molecular flexibility index (Phi) is 7.37. The molecule has 0 aliphatic carbocycles. The number of rotatable bonds is 9. The molecule has 0 saturated heterocycles. The van der Waals surface area contributed by atoms with Crippen molar-refractivity contribution in [3.63, 3.8) is 0 Å². The van der Waals surface area contributed by atoms with Crippen molar-refractivity contribution in [3.05, 3.63) is 18.0 Å². The molecule has 1 rings (SSSR count). The lowest BCUT2D eigenvalue weighted by Gasteiger charge is -2.05. The molecule has 0 aliphatic heterocycles. The summed E-state index contributed by atoms with van der Waals surface area (Å²) in [6.45, 7) is 9.69. The molecule has 0 spiro atoms. The molecule has 0 amide bonds. The highest BCUT2D eigenvalue weighted by Gasteiger charge is 1.99. The summed E-state index contributed by atoms with van der Waals surface area (Å²) in [6.07, 6.45) is 5.34. The number of hydrogen-bond donors (Lipinski definition) is 1. The highest BCUT2D eigenvalue weighted by atomic mass is 32.2. The lowest BCUT2D eigenvalue weighted by Crippen LogP contribution is -2.18. The maximum absolute atomic E-state index is 4.38. The predicted molar refractivity (Wildman–Crippen MR) is 76.4 cm³/mol. The Morgan fingerprint density at radius 2 is 2.29 bits per heavy atom. The van der Waals surface area contributed by atoms with E-state index in [4.69, 9.17) is 0 Å². The Hall–Kier alpha value is -0.480. The van der Waals surface area contributed by atoms with E-state index in [9.17, 15) is 0 Å². The molecule has 1 aromatic heterocycles. The summed E-state index contributed by atoms with van der Waals surface area (Å²) in [4.78, 5) is 0. The van der Waals surface area contributed by atoms with E-state index in [2.05, 4.69) is 42.1 Å².